The second-order valence-electron chi connectivity index (χ2n) is 3.51. The Kier molecular flexibility index (Phi) is 2.42. The number of hydrogen-bond acceptors (Lipinski definition) is 1. The molecule has 2 heteroatoms. The predicted octanol–water partition coefficient (Wildman–Crippen LogP) is 3.51. The highest BCUT2D eigenvalue weighted by Crippen LogP contribution is 2.27. The Morgan fingerprint density at radius 1 is 1.07 bits per heavy atom. The van der Waals surface area contributed by atoms with E-state index in [0.717, 1.165) is 17.2 Å². The molecule has 1 nitrogen and oxygen atoms in total. The van der Waals surface area contributed by atoms with Crippen LogP contribution in [0.15, 0.2) is 42.5 Å². The lowest BCUT2D eigenvalue weighted by atomic mass is 10.0. The van der Waals surface area contributed by atoms with Gasteiger partial charge in [-0.05, 0) is 35.7 Å². The van der Waals surface area contributed by atoms with Crippen molar-refractivity contribution < 1.29 is 9.50 Å². The van der Waals surface area contributed by atoms with Gasteiger partial charge in [-0.3, -0.25) is 0 Å². The van der Waals surface area contributed by atoms with E-state index >= 15 is 0 Å². The van der Waals surface area contributed by atoms with Crippen LogP contribution in [0.5, 0.6) is 5.75 Å². The fourth-order valence-corrected chi connectivity index (χ4v) is 1.63. The molecule has 15 heavy (non-hydrogen) atoms. The first kappa shape index (κ1) is 9.71. The van der Waals surface area contributed by atoms with Gasteiger partial charge in [-0.1, -0.05) is 24.3 Å². The summed E-state index contributed by atoms with van der Waals surface area (Å²) < 4.78 is 13.1. The second-order valence-corrected chi connectivity index (χ2v) is 3.51. The number of hydrogen-bond donors (Lipinski definition) is 1. The average Bonchev–Trinajstić information content (AvgIpc) is 2.16. The molecule has 2 rings (SSSR count). The molecule has 0 unspecified atom stereocenters. The van der Waals surface area contributed by atoms with Crippen LogP contribution in [0.3, 0.4) is 0 Å². The molecule has 0 aromatic heterocycles. The molecule has 0 heterocycles. The highest BCUT2D eigenvalue weighted by Gasteiger charge is 2.04. The Morgan fingerprint density at radius 3 is 2.47 bits per heavy atom. The largest absolute Gasteiger partial charge is 0.508 e. The molecule has 76 valence electrons. The van der Waals surface area contributed by atoms with E-state index in [0.29, 0.717) is 5.56 Å². The van der Waals surface area contributed by atoms with Crippen molar-refractivity contribution in [2.45, 2.75) is 6.92 Å². The van der Waals surface area contributed by atoms with Gasteiger partial charge < -0.3 is 5.11 Å². The maximum Gasteiger partial charge on any atom is 0.127 e. The molecular weight excluding hydrogens is 191 g/mol. The van der Waals surface area contributed by atoms with E-state index in [1.165, 1.54) is 6.07 Å². The van der Waals surface area contributed by atoms with Crippen molar-refractivity contribution in [2.75, 3.05) is 0 Å². The Labute approximate surface area is 87.8 Å². The number of phenols is 1. The van der Waals surface area contributed by atoms with Gasteiger partial charge in [-0.25, -0.2) is 4.39 Å². The van der Waals surface area contributed by atoms with Gasteiger partial charge in [-0.2, -0.15) is 0 Å². The molecule has 2 aromatic carbocycles. The van der Waals surface area contributed by atoms with Gasteiger partial charge in [-0.15, -0.1) is 0 Å². The monoisotopic (exact) mass is 202 g/mol. The highest BCUT2D eigenvalue weighted by molar-refractivity contribution is 5.68. The minimum Gasteiger partial charge on any atom is -0.508 e. The number of phenolic OH excluding ortho intramolecular Hbond substituents is 1. The Hall–Kier alpha value is -1.83. The molecule has 2 aromatic rings. The molecule has 0 radical (unpaired) electrons. The number of halogens is 1. The fourth-order valence-electron chi connectivity index (χ4n) is 1.63. The Bertz CT molecular complexity index is 471. The normalized spacial score (nSPS) is 10.3. The lowest BCUT2D eigenvalue weighted by molar-refractivity contribution is 0.469. The summed E-state index contributed by atoms with van der Waals surface area (Å²) in [6, 6.07) is 11.8. The van der Waals surface area contributed by atoms with Gasteiger partial charge in [0.2, 0.25) is 0 Å². The maximum absolute atomic E-state index is 13.1. The van der Waals surface area contributed by atoms with Crippen LogP contribution in [-0.4, -0.2) is 5.11 Å². The van der Waals surface area contributed by atoms with Gasteiger partial charge in [0.15, 0.2) is 0 Å². The van der Waals surface area contributed by atoms with Crippen LogP contribution in [0.25, 0.3) is 11.1 Å². The number of aryl methyl sites for hydroxylation is 1. The smallest absolute Gasteiger partial charge is 0.127 e. The van der Waals surface area contributed by atoms with E-state index in [1.807, 2.05) is 31.2 Å². The fraction of sp³-hybridized carbons (Fsp3) is 0.0769. The van der Waals surface area contributed by atoms with Crippen molar-refractivity contribution in [3.05, 3.63) is 53.8 Å². The van der Waals surface area contributed by atoms with Gasteiger partial charge in [0.1, 0.15) is 11.6 Å². The van der Waals surface area contributed by atoms with Crippen molar-refractivity contribution in [1.29, 1.82) is 0 Å². The van der Waals surface area contributed by atoms with Crippen molar-refractivity contribution in [1.82, 2.24) is 0 Å². The van der Waals surface area contributed by atoms with E-state index in [1.54, 1.807) is 6.07 Å². The summed E-state index contributed by atoms with van der Waals surface area (Å²) in [6.45, 7) is 1.96. The second kappa shape index (κ2) is 3.73. The summed E-state index contributed by atoms with van der Waals surface area (Å²) in [4.78, 5) is 0. The molecule has 1 N–H and O–H groups in total. The molecular formula is C13H11FO. The first-order valence-electron chi connectivity index (χ1n) is 4.72. The summed E-state index contributed by atoms with van der Waals surface area (Å²) in [6.07, 6.45) is 0. The lowest BCUT2D eigenvalue weighted by Gasteiger charge is -2.06. The minimum absolute atomic E-state index is 0.0479. The van der Waals surface area contributed by atoms with Crippen molar-refractivity contribution >= 4 is 0 Å². The molecule has 0 saturated carbocycles. The minimum atomic E-state index is -0.423. The Balaban J connectivity index is 2.59. The zero-order valence-electron chi connectivity index (χ0n) is 8.37. The first-order chi connectivity index (χ1) is 7.16. The third kappa shape index (κ3) is 1.99. The predicted molar refractivity (Wildman–Crippen MR) is 58.2 cm³/mol. The molecule has 0 atom stereocenters. The molecule has 0 saturated heterocycles. The molecule has 0 bridgehead atoms. The quantitative estimate of drug-likeness (QED) is 0.750. The molecule has 0 fully saturated rings. The third-order valence-electron chi connectivity index (χ3n) is 2.34. The van der Waals surface area contributed by atoms with Crippen LogP contribution in [0.4, 0.5) is 4.39 Å². The van der Waals surface area contributed by atoms with Gasteiger partial charge in [0, 0.05) is 6.07 Å². The van der Waals surface area contributed by atoms with Crippen molar-refractivity contribution in [3.63, 3.8) is 0 Å². The lowest BCUT2D eigenvalue weighted by Crippen LogP contribution is -1.84. The average molecular weight is 202 g/mol. The summed E-state index contributed by atoms with van der Waals surface area (Å²) in [5, 5.41) is 9.31. The SMILES string of the molecule is Cc1ccccc1-c1cc(O)cc(F)c1. The van der Waals surface area contributed by atoms with Crippen LogP contribution < -0.4 is 0 Å². The first-order valence-corrected chi connectivity index (χ1v) is 4.72. The van der Waals surface area contributed by atoms with Crippen molar-refractivity contribution in [3.8, 4) is 16.9 Å². The van der Waals surface area contributed by atoms with Crippen LogP contribution in [0.1, 0.15) is 5.56 Å². The molecule has 0 aliphatic rings. The van der Waals surface area contributed by atoms with Crippen LogP contribution in [-0.2, 0) is 0 Å². The molecule has 0 amide bonds. The summed E-state index contributed by atoms with van der Waals surface area (Å²) in [5.41, 5.74) is 2.69. The summed E-state index contributed by atoms with van der Waals surface area (Å²) in [7, 11) is 0. The maximum atomic E-state index is 13.1. The van der Waals surface area contributed by atoms with Crippen molar-refractivity contribution in [2.24, 2.45) is 0 Å². The van der Waals surface area contributed by atoms with Gasteiger partial charge in [0.05, 0.1) is 0 Å². The zero-order valence-corrected chi connectivity index (χ0v) is 8.37. The number of benzene rings is 2. The number of aromatic hydroxyl groups is 1. The Morgan fingerprint density at radius 2 is 1.80 bits per heavy atom. The third-order valence-corrected chi connectivity index (χ3v) is 2.34. The highest BCUT2D eigenvalue weighted by atomic mass is 19.1. The van der Waals surface area contributed by atoms with E-state index in [4.69, 9.17) is 0 Å². The molecule has 0 aliphatic carbocycles. The van der Waals surface area contributed by atoms with E-state index in [2.05, 4.69) is 0 Å². The van der Waals surface area contributed by atoms with Gasteiger partial charge >= 0.3 is 0 Å². The molecule has 0 aliphatic heterocycles. The van der Waals surface area contributed by atoms with Crippen LogP contribution in [0.2, 0.25) is 0 Å². The van der Waals surface area contributed by atoms with E-state index < -0.39 is 5.82 Å². The van der Waals surface area contributed by atoms with E-state index in [-0.39, 0.29) is 5.75 Å². The zero-order chi connectivity index (χ0) is 10.8. The van der Waals surface area contributed by atoms with E-state index in [9.17, 15) is 9.50 Å². The topological polar surface area (TPSA) is 20.2 Å². The van der Waals surface area contributed by atoms with Crippen LogP contribution >= 0.6 is 0 Å². The number of rotatable bonds is 1. The summed E-state index contributed by atoms with van der Waals surface area (Å²) in [5.74, 6) is -0.471. The molecule has 0 spiro atoms. The van der Waals surface area contributed by atoms with Gasteiger partial charge in [0.25, 0.3) is 0 Å². The standard InChI is InChI=1S/C13H11FO/c1-9-4-2-3-5-13(9)10-6-11(14)8-12(15)7-10/h2-8,15H,1H3. The van der Waals surface area contributed by atoms with Crippen LogP contribution in [0, 0.1) is 12.7 Å². The summed E-state index contributed by atoms with van der Waals surface area (Å²) >= 11 is 0.